The topological polar surface area (TPSA) is 58.2 Å². The number of hydrogen-bond donors (Lipinski definition) is 2. The highest BCUT2D eigenvalue weighted by molar-refractivity contribution is 7.91. The third-order valence-electron chi connectivity index (χ3n) is 2.79. The maximum Gasteiger partial charge on any atom is 0.250 e. The number of thiophene rings is 1. The average Bonchev–Trinajstić information content (AvgIpc) is 2.96. The second kappa shape index (κ2) is 5.48. The van der Waals surface area contributed by atoms with Crippen LogP contribution in [0, 0.1) is 5.92 Å². The van der Waals surface area contributed by atoms with Gasteiger partial charge in [0.05, 0.1) is 0 Å². The van der Waals surface area contributed by atoms with E-state index in [0.29, 0.717) is 17.3 Å². The maximum atomic E-state index is 11.9. The van der Waals surface area contributed by atoms with Crippen LogP contribution in [-0.4, -0.2) is 22.0 Å². The summed E-state index contributed by atoms with van der Waals surface area (Å²) in [5, 5.41) is 3.01. The van der Waals surface area contributed by atoms with Crippen LogP contribution in [-0.2, 0) is 16.6 Å². The van der Waals surface area contributed by atoms with Crippen LogP contribution in [0.5, 0.6) is 0 Å². The van der Waals surface area contributed by atoms with Gasteiger partial charge in [-0.2, -0.15) is 0 Å². The lowest BCUT2D eigenvalue weighted by molar-refractivity contribution is 0.577. The Morgan fingerprint density at radius 2 is 2.18 bits per heavy atom. The first-order valence-electron chi connectivity index (χ1n) is 5.85. The van der Waals surface area contributed by atoms with E-state index >= 15 is 0 Å². The molecule has 1 aliphatic rings. The second-order valence-corrected chi connectivity index (χ2v) is 7.54. The molecule has 1 aromatic heterocycles. The Labute approximate surface area is 106 Å². The second-order valence-electron chi connectivity index (χ2n) is 4.38. The average molecular weight is 274 g/mol. The molecule has 17 heavy (non-hydrogen) atoms. The van der Waals surface area contributed by atoms with Gasteiger partial charge in [0, 0.05) is 18.0 Å². The standard InChI is InChI=1S/C11H18N2O2S2/c1-12-8-10-4-5-11(16-10)17(14,15)13-7-6-9-2-3-9/h4-5,9,12-13H,2-3,6-8H2,1H3. The van der Waals surface area contributed by atoms with E-state index in [-0.39, 0.29) is 0 Å². The minimum atomic E-state index is -3.28. The van der Waals surface area contributed by atoms with Crippen LogP contribution in [0.2, 0.25) is 0 Å². The lowest BCUT2D eigenvalue weighted by Gasteiger charge is -2.03. The predicted octanol–water partition coefficient (Wildman–Crippen LogP) is 1.55. The van der Waals surface area contributed by atoms with Crippen molar-refractivity contribution >= 4 is 21.4 Å². The third kappa shape index (κ3) is 3.77. The van der Waals surface area contributed by atoms with Gasteiger partial charge in [-0.15, -0.1) is 11.3 Å². The van der Waals surface area contributed by atoms with E-state index in [1.165, 1.54) is 24.2 Å². The van der Waals surface area contributed by atoms with Crippen LogP contribution in [0.25, 0.3) is 0 Å². The summed E-state index contributed by atoms with van der Waals surface area (Å²) in [7, 11) is -1.44. The minimum absolute atomic E-state index is 0.415. The first kappa shape index (κ1) is 13.0. The number of nitrogens with one attached hydrogen (secondary N) is 2. The molecule has 1 aliphatic carbocycles. The van der Waals surface area contributed by atoms with Gasteiger partial charge >= 0.3 is 0 Å². The molecule has 2 rings (SSSR count). The molecule has 0 bridgehead atoms. The van der Waals surface area contributed by atoms with Gasteiger partial charge in [-0.05, 0) is 31.5 Å². The zero-order valence-electron chi connectivity index (χ0n) is 9.90. The van der Waals surface area contributed by atoms with Crippen LogP contribution in [0.4, 0.5) is 0 Å². The van der Waals surface area contributed by atoms with Gasteiger partial charge in [0.25, 0.3) is 0 Å². The fraction of sp³-hybridized carbons (Fsp3) is 0.636. The summed E-state index contributed by atoms with van der Waals surface area (Å²) >= 11 is 1.33. The number of sulfonamides is 1. The summed E-state index contributed by atoms with van der Waals surface area (Å²) in [5.41, 5.74) is 0. The van der Waals surface area contributed by atoms with Gasteiger partial charge in [0.15, 0.2) is 0 Å². The molecule has 0 aromatic carbocycles. The number of hydrogen-bond acceptors (Lipinski definition) is 4. The van der Waals surface area contributed by atoms with Crippen molar-refractivity contribution in [1.29, 1.82) is 0 Å². The van der Waals surface area contributed by atoms with E-state index in [1.807, 2.05) is 13.1 Å². The fourth-order valence-electron chi connectivity index (χ4n) is 1.65. The van der Waals surface area contributed by atoms with Crippen LogP contribution < -0.4 is 10.0 Å². The highest BCUT2D eigenvalue weighted by atomic mass is 32.2. The molecule has 0 spiro atoms. The summed E-state index contributed by atoms with van der Waals surface area (Å²) in [5.74, 6) is 0.751. The Bertz CT molecular complexity index is 464. The Balaban J connectivity index is 1.92. The molecule has 0 radical (unpaired) electrons. The molecule has 96 valence electrons. The Kier molecular flexibility index (Phi) is 4.19. The maximum absolute atomic E-state index is 11.9. The van der Waals surface area contributed by atoms with Crippen LogP contribution >= 0.6 is 11.3 Å². The van der Waals surface area contributed by atoms with Crippen molar-refractivity contribution < 1.29 is 8.42 Å². The van der Waals surface area contributed by atoms with Crippen molar-refractivity contribution in [3.8, 4) is 0 Å². The molecular weight excluding hydrogens is 256 g/mol. The zero-order valence-corrected chi connectivity index (χ0v) is 11.5. The summed E-state index contributed by atoms with van der Waals surface area (Å²) in [4.78, 5) is 1.04. The Hall–Kier alpha value is -0.430. The Morgan fingerprint density at radius 1 is 1.41 bits per heavy atom. The quantitative estimate of drug-likeness (QED) is 0.793. The van der Waals surface area contributed by atoms with Gasteiger partial charge < -0.3 is 5.32 Å². The molecule has 6 heteroatoms. The van der Waals surface area contributed by atoms with Gasteiger partial charge in [-0.1, -0.05) is 12.8 Å². The van der Waals surface area contributed by atoms with E-state index in [2.05, 4.69) is 10.0 Å². The minimum Gasteiger partial charge on any atom is -0.315 e. The summed E-state index contributed by atoms with van der Waals surface area (Å²) in [6.45, 7) is 1.27. The fourth-order valence-corrected chi connectivity index (χ4v) is 4.11. The highest BCUT2D eigenvalue weighted by Gasteiger charge is 2.22. The van der Waals surface area contributed by atoms with Gasteiger partial charge in [0.1, 0.15) is 4.21 Å². The van der Waals surface area contributed by atoms with Crippen molar-refractivity contribution in [3.63, 3.8) is 0 Å². The molecule has 0 amide bonds. The zero-order chi connectivity index (χ0) is 12.3. The normalized spacial score (nSPS) is 16.3. The van der Waals surface area contributed by atoms with Crippen molar-refractivity contribution in [1.82, 2.24) is 10.0 Å². The van der Waals surface area contributed by atoms with Crippen molar-refractivity contribution in [2.45, 2.75) is 30.0 Å². The van der Waals surface area contributed by atoms with E-state index in [1.54, 1.807) is 6.07 Å². The summed E-state index contributed by atoms with van der Waals surface area (Å²) in [6, 6.07) is 3.54. The lowest BCUT2D eigenvalue weighted by Crippen LogP contribution is -2.24. The third-order valence-corrected chi connectivity index (χ3v) is 5.83. The van der Waals surface area contributed by atoms with E-state index < -0.39 is 10.0 Å². The molecule has 1 aromatic rings. The van der Waals surface area contributed by atoms with Crippen molar-refractivity contribution in [2.75, 3.05) is 13.6 Å². The Morgan fingerprint density at radius 3 is 2.82 bits per heavy atom. The van der Waals surface area contributed by atoms with Crippen LogP contribution in [0.15, 0.2) is 16.3 Å². The van der Waals surface area contributed by atoms with E-state index in [4.69, 9.17) is 0 Å². The largest absolute Gasteiger partial charge is 0.315 e. The monoisotopic (exact) mass is 274 g/mol. The van der Waals surface area contributed by atoms with E-state index in [0.717, 1.165) is 17.2 Å². The molecule has 0 unspecified atom stereocenters. The molecule has 0 aliphatic heterocycles. The van der Waals surface area contributed by atoms with Gasteiger partial charge in [-0.3, -0.25) is 0 Å². The molecule has 0 atom stereocenters. The molecular formula is C11H18N2O2S2. The van der Waals surface area contributed by atoms with Crippen LogP contribution in [0.1, 0.15) is 24.1 Å². The van der Waals surface area contributed by atoms with E-state index in [9.17, 15) is 8.42 Å². The molecule has 0 saturated heterocycles. The molecule has 1 saturated carbocycles. The summed E-state index contributed by atoms with van der Waals surface area (Å²) < 4.78 is 26.9. The van der Waals surface area contributed by atoms with Crippen molar-refractivity contribution in [2.24, 2.45) is 5.92 Å². The first-order chi connectivity index (χ1) is 8.12. The lowest BCUT2D eigenvalue weighted by atomic mass is 10.3. The molecule has 1 heterocycles. The molecule has 4 nitrogen and oxygen atoms in total. The first-order valence-corrected chi connectivity index (χ1v) is 8.15. The van der Waals surface area contributed by atoms with Crippen molar-refractivity contribution in [3.05, 3.63) is 17.0 Å². The van der Waals surface area contributed by atoms with Gasteiger partial charge in [-0.25, -0.2) is 13.1 Å². The SMILES string of the molecule is CNCc1ccc(S(=O)(=O)NCCC2CC2)s1. The molecule has 1 fully saturated rings. The number of rotatable bonds is 7. The van der Waals surface area contributed by atoms with Crippen LogP contribution in [0.3, 0.4) is 0 Å². The smallest absolute Gasteiger partial charge is 0.250 e. The summed E-state index contributed by atoms with van der Waals surface area (Å²) in [6.07, 6.45) is 3.48. The predicted molar refractivity (Wildman–Crippen MR) is 69.6 cm³/mol. The van der Waals surface area contributed by atoms with Gasteiger partial charge in [0.2, 0.25) is 10.0 Å². The molecule has 2 N–H and O–H groups in total. The highest BCUT2D eigenvalue weighted by Crippen LogP contribution is 2.32.